The number of piperazine rings is 1. The molecule has 1 aliphatic rings. The molecule has 0 N–H and O–H groups in total. The number of carbonyl (C=O) groups excluding carboxylic acids is 1. The van der Waals surface area contributed by atoms with Crippen molar-refractivity contribution in [1.29, 1.82) is 0 Å². The fourth-order valence-corrected chi connectivity index (χ4v) is 3.06. The van der Waals surface area contributed by atoms with E-state index in [4.69, 9.17) is 4.74 Å². The first-order valence-electron chi connectivity index (χ1n) is 9.09. The Labute approximate surface area is 157 Å². The number of esters is 1. The van der Waals surface area contributed by atoms with Crippen molar-refractivity contribution >= 4 is 11.8 Å². The molecule has 0 atom stereocenters. The van der Waals surface area contributed by atoms with Crippen LogP contribution in [0.25, 0.3) is 0 Å². The number of halogens is 2. The van der Waals surface area contributed by atoms with Crippen LogP contribution in [0.5, 0.6) is 5.75 Å². The van der Waals surface area contributed by atoms with E-state index in [0.29, 0.717) is 0 Å². The van der Waals surface area contributed by atoms with Gasteiger partial charge in [0.1, 0.15) is 23.2 Å². The Hall–Kier alpha value is -2.54. The largest absolute Gasteiger partial charge is 0.423 e. The van der Waals surface area contributed by atoms with Gasteiger partial charge in [0.2, 0.25) is 0 Å². The molecule has 1 aliphatic heterocycles. The highest BCUT2D eigenvalue weighted by Gasteiger charge is 2.18. The minimum absolute atomic E-state index is 0.111. The average molecular weight is 375 g/mol. The topological polar surface area (TPSA) is 45.7 Å². The van der Waals surface area contributed by atoms with Crippen molar-refractivity contribution in [1.82, 2.24) is 9.88 Å². The first-order chi connectivity index (χ1) is 13.0. The first kappa shape index (κ1) is 19.2. The molecule has 0 bridgehead atoms. The van der Waals surface area contributed by atoms with Gasteiger partial charge in [0, 0.05) is 50.1 Å². The van der Waals surface area contributed by atoms with Crippen molar-refractivity contribution < 1.29 is 18.3 Å². The van der Waals surface area contributed by atoms with Gasteiger partial charge in [0.05, 0.1) is 5.56 Å². The summed E-state index contributed by atoms with van der Waals surface area (Å²) in [5.41, 5.74) is 0.115. The van der Waals surface area contributed by atoms with Crippen LogP contribution in [-0.2, 0) is 0 Å². The van der Waals surface area contributed by atoms with Gasteiger partial charge in [-0.1, -0.05) is 6.92 Å². The molecule has 0 aliphatic carbocycles. The highest BCUT2D eigenvalue weighted by molar-refractivity contribution is 5.90. The molecule has 2 heterocycles. The van der Waals surface area contributed by atoms with Crippen molar-refractivity contribution in [2.75, 3.05) is 37.6 Å². The number of aromatic nitrogens is 1. The second-order valence-corrected chi connectivity index (χ2v) is 6.64. The zero-order valence-corrected chi connectivity index (χ0v) is 15.5. The van der Waals surface area contributed by atoms with E-state index in [1.807, 2.05) is 0 Å². The normalized spacial score (nSPS) is 15.0. The third kappa shape index (κ3) is 4.60. The summed E-state index contributed by atoms with van der Waals surface area (Å²) in [7, 11) is 0. The smallest absolute Gasteiger partial charge is 0.345 e. The summed E-state index contributed by atoms with van der Waals surface area (Å²) in [4.78, 5) is 21.1. The van der Waals surface area contributed by atoms with Crippen LogP contribution in [-0.4, -0.2) is 48.6 Å². The molecular formula is C20H23F2N3O2. The Bertz CT molecular complexity index is 780. The summed E-state index contributed by atoms with van der Waals surface area (Å²) >= 11 is 0. The molecule has 144 valence electrons. The van der Waals surface area contributed by atoms with Crippen molar-refractivity contribution in [2.45, 2.75) is 20.3 Å². The van der Waals surface area contributed by atoms with Crippen LogP contribution < -0.4 is 9.64 Å². The van der Waals surface area contributed by atoms with E-state index in [0.717, 1.165) is 57.1 Å². The fraction of sp³-hybridized carbons (Fsp3) is 0.400. The van der Waals surface area contributed by atoms with Gasteiger partial charge in [-0.3, -0.25) is 4.90 Å². The molecule has 0 unspecified atom stereocenters. The number of benzene rings is 1. The van der Waals surface area contributed by atoms with Crippen LogP contribution in [0.4, 0.5) is 14.6 Å². The Balaban J connectivity index is 1.62. The van der Waals surface area contributed by atoms with Crippen molar-refractivity contribution in [3.8, 4) is 5.75 Å². The molecule has 0 spiro atoms. The predicted octanol–water partition coefficient (Wildman–Crippen LogP) is 3.42. The molecule has 1 fully saturated rings. The van der Waals surface area contributed by atoms with E-state index in [1.165, 1.54) is 13.1 Å². The third-order valence-corrected chi connectivity index (χ3v) is 4.68. The standard InChI is InChI=1S/C20H23F2N3O2/c1-3-6-24-7-9-25(10-8-24)19-5-4-15(13-23-19)20(26)27-16-11-17(21)14(2)18(22)12-16/h4-5,11-13H,3,6-10H2,1-2H3. The summed E-state index contributed by atoms with van der Waals surface area (Å²) in [6, 6.07) is 5.37. The number of ether oxygens (including phenoxy) is 1. The molecule has 1 aromatic carbocycles. The fourth-order valence-electron chi connectivity index (χ4n) is 3.06. The van der Waals surface area contributed by atoms with Crippen molar-refractivity contribution in [2.24, 2.45) is 0 Å². The molecule has 1 saturated heterocycles. The Morgan fingerprint density at radius 3 is 2.37 bits per heavy atom. The number of rotatable bonds is 5. The molecule has 2 aromatic rings. The number of carbonyl (C=O) groups is 1. The van der Waals surface area contributed by atoms with E-state index in [1.54, 1.807) is 12.1 Å². The maximum Gasteiger partial charge on any atom is 0.345 e. The van der Waals surface area contributed by atoms with Gasteiger partial charge in [-0.25, -0.2) is 18.6 Å². The summed E-state index contributed by atoms with van der Waals surface area (Å²) in [6.07, 6.45) is 2.57. The molecule has 5 nitrogen and oxygen atoms in total. The minimum Gasteiger partial charge on any atom is -0.423 e. The van der Waals surface area contributed by atoms with Gasteiger partial charge in [0.25, 0.3) is 0 Å². The molecule has 0 amide bonds. The number of hydrogen-bond acceptors (Lipinski definition) is 5. The molecule has 1 aromatic heterocycles. The van der Waals surface area contributed by atoms with Gasteiger partial charge in [-0.15, -0.1) is 0 Å². The lowest BCUT2D eigenvalue weighted by Crippen LogP contribution is -2.46. The molecule has 27 heavy (non-hydrogen) atoms. The van der Waals surface area contributed by atoms with Crippen LogP contribution in [0.2, 0.25) is 0 Å². The molecule has 0 radical (unpaired) electrons. The van der Waals surface area contributed by atoms with Crippen LogP contribution in [0.15, 0.2) is 30.5 Å². The van der Waals surface area contributed by atoms with E-state index in [9.17, 15) is 13.6 Å². The number of nitrogens with zero attached hydrogens (tertiary/aromatic N) is 3. The van der Waals surface area contributed by atoms with Gasteiger partial charge in [0.15, 0.2) is 0 Å². The Kier molecular flexibility index (Phi) is 6.01. The number of anilines is 1. The predicted molar refractivity (Wildman–Crippen MR) is 99.2 cm³/mol. The van der Waals surface area contributed by atoms with Gasteiger partial charge >= 0.3 is 5.97 Å². The van der Waals surface area contributed by atoms with Gasteiger partial charge in [-0.05, 0) is 32.0 Å². The Morgan fingerprint density at radius 1 is 1.15 bits per heavy atom. The van der Waals surface area contributed by atoms with E-state index < -0.39 is 17.6 Å². The lowest BCUT2D eigenvalue weighted by molar-refractivity contribution is 0.0733. The van der Waals surface area contributed by atoms with E-state index in [-0.39, 0.29) is 16.9 Å². The summed E-state index contributed by atoms with van der Waals surface area (Å²) in [5, 5.41) is 0. The lowest BCUT2D eigenvalue weighted by atomic mass is 10.2. The molecule has 0 saturated carbocycles. The maximum absolute atomic E-state index is 13.6. The third-order valence-electron chi connectivity index (χ3n) is 4.68. The second-order valence-electron chi connectivity index (χ2n) is 6.64. The number of pyridine rings is 1. The average Bonchev–Trinajstić information content (AvgIpc) is 2.67. The van der Waals surface area contributed by atoms with Crippen LogP contribution in [0.3, 0.4) is 0 Å². The molecular weight excluding hydrogens is 352 g/mol. The SMILES string of the molecule is CCCN1CCN(c2ccc(C(=O)Oc3cc(F)c(C)c(F)c3)cn2)CC1. The monoisotopic (exact) mass is 375 g/mol. The lowest BCUT2D eigenvalue weighted by Gasteiger charge is -2.35. The maximum atomic E-state index is 13.6. The first-order valence-corrected chi connectivity index (χ1v) is 9.09. The van der Waals surface area contributed by atoms with Crippen LogP contribution in [0.1, 0.15) is 29.3 Å². The zero-order chi connectivity index (χ0) is 19.4. The van der Waals surface area contributed by atoms with Crippen LogP contribution >= 0.6 is 0 Å². The van der Waals surface area contributed by atoms with Gasteiger partial charge in [-0.2, -0.15) is 0 Å². The quantitative estimate of drug-likeness (QED) is 0.592. The van der Waals surface area contributed by atoms with Gasteiger partial charge < -0.3 is 9.64 Å². The molecule has 7 heteroatoms. The summed E-state index contributed by atoms with van der Waals surface area (Å²) < 4.78 is 32.2. The van der Waals surface area contributed by atoms with Crippen LogP contribution in [0, 0.1) is 18.6 Å². The van der Waals surface area contributed by atoms with Crippen molar-refractivity contribution in [3.05, 3.63) is 53.2 Å². The summed E-state index contributed by atoms with van der Waals surface area (Å²) in [6.45, 7) is 8.35. The molecule has 3 rings (SSSR count). The van der Waals surface area contributed by atoms with E-state index >= 15 is 0 Å². The second kappa shape index (κ2) is 8.43. The van der Waals surface area contributed by atoms with Crippen molar-refractivity contribution in [3.63, 3.8) is 0 Å². The Morgan fingerprint density at radius 2 is 1.81 bits per heavy atom. The van der Waals surface area contributed by atoms with E-state index in [2.05, 4.69) is 21.7 Å². The minimum atomic E-state index is -0.756. The zero-order valence-electron chi connectivity index (χ0n) is 15.5. The highest BCUT2D eigenvalue weighted by atomic mass is 19.1. The number of hydrogen-bond donors (Lipinski definition) is 0. The summed E-state index contributed by atoms with van der Waals surface area (Å²) in [5.74, 6) is -1.58. The highest BCUT2D eigenvalue weighted by Crippen LogP contribution is 2.21.